The van der Waals surface area contributed by atoms with Crippen molar-refractivity contribution in [2.75, 3.05) is 39.3 Å². The summed E-state index contributed by atoms with van der Waals surface area (Å²) in [4.78, 5) is 2.58. The third kappa shape index (κ3) is 5.28. The van der Waals surface area contributed by atoms with E-state index in [2.05, 4.69) is 40.5 Å². The van der Waals surface area contributed by atoms with Gasteiger partial charge in [0.1, 0.15) is 5.75 Å². The van der Waals surface area contributed by atoms with Crippen molar-refractivity contribution < 1.29 is 4.74 Å². The molecule has 0 aliphatic carbocycles. The van der Waals surface area contributed by atoms with E-state index in [1.165, 1.54) is 42.6 Å². The van der Waals surface area contributed by atoms with Crippen LogP contribution >= 0.6 is 11.6 Å². The SMILES string of the molecule is Clc1ccc(C2CCN(CCCOc3ccc4c(c3)CCNCC4)CC2)cc1. The summed E-state index contributed by atoms with van der Waals surface area (Å²) in [7, 11) is 0. The lowest BCUT2D eigenvalue weighted by atomic mass is 9.89. The Bertz CT molecular complexity index is 754. The molecule has 1 N–H and O–H groups in total. The van der Waals surface area contributed by atoms with Crippen LogP contribution in [0, 0.1) is 0 Å². The molecule has 3 nitrogen and oxygen atoms in total. The van der Waals surface area contributed by atoms with Crippen molar-refractivity contribution >= 4 is 11.6 Å². The van der Waals surface area contributed by atoms with Gasteiger partial charge in [0.2, 0.25) is 0 Å². The number of rotatable bonds is 6. The molecule has 28 heavy (non-hydrogen) atoms. The Hall–Kier alpha value is -1.55. The zero-order valence-corrected chi connectivity index (χ0v) is 17.4. The summed E-state index contributed by atoms with van der Waals surface area (Å²) in [5.41, 5.74) is 4.36. The quantitative estimate of drug-likeness (QED) is 0.715. The van der Waals surface area contributed by atoms with Crippen LogP contribution in [0.2, 0.25) is 5.02 Å². The molecule has 2 aliphatic rings. The number of nitrogens with one attached hydrogen (secondary N) is 1. The molecule has 4 rings (SSSR count). The van der Waals surface area contributed by atoms with Gasteiger partial charge in [-0.25, -0.2) is 0 Å². The molecule has 0 radical (unpaired) electrons. The number of halogens is 1. The number of benzene rings is 2. The van der Waals surface area contributed by atoms with E-state index in [-0.39, 0.29) is 0 Å². The molecule has 2 aliphatic heterocycles. The van der Waals surface area contributed by atoms with Crippen molar-refractivity contribution in [2.24, 2.45) is 0 Å². The molecule has 0 bridgehead atoms. The fourth-order valence-electron chi connectivity index (χ4n) is 4.44. The van der Waals surface area contributed by atoms with Gasteiger partial charge in [-0.3, -0.25) is 0 Å². The summed E-state index contributed by atoms with van der Waals surface area (Å²) in [6.45, 7) is 6.44. The highest BCUT2D eigenvalue weighted by Crippen LogP contribution is 2.29. The molecule has 0 spiro atoms. The fraction of sp³-hybridized carbons (Fsp3) is 0.500. The fourth-order valence-corrected chi connectivity index (χ4v) is 4.57. The van der Waals surface area contributed by atoms with E-state index in [0.717, 1.165) is 56.3 Å². The van der Waals surface area contributed by atoms with E-state index in [9.17, 15) is 0 Å². The highest BCUT2D eigenvalue weighted by Gasteiger charge is 2.20. The van der Waals surface area contributed by atoms with Gasteiger partial charge in [-0.1, -0.05) is 29.8 Å². The number of fused-ring (bicyclic) bond motifs is 1. The lowest BCUT2D eigenvalue weighted by molar-refractivity contribution is 0.193. The highest BCUT2D eigenvalue weighted by atomic mass is 35.5. The molecule has 0 atom stereocenters. The number of hydrogen-bond acceptors (Lipinski definition) is 3. The second kappa shape index (κ2) is 9.78. The second-order valence-corrected chi connectivity index (χ2v) is 8.49. The summed E-state index contributed by atoms with van der Waals surface area (Å²) in [6.07, 6.45) is 5.80. The minimum atomic E-state index is 0.679. The molecule has 2 aromatic carbocycles. The minimum absolute atomic E-state index is 0.679. The third-order valence-corrected chi connectivity index (χ3v) is 6.39. The Morgan fingerprint density at radius 2 is 1.71 bits per heavy atom. The van der Waals surface area contributed by atoms with E-state index in [4.69, 9.17) is 16.3 Å². The Morgan fingerprint density at radius 3 is 2.50 bits per heavy atom. The number of nitrogens with zero attached hydrogens (tertiary/aromatic N) is 1. The number of piperidine rings is 1. The van der Waals surface area contributed by atoms with Gasteiger partial charge in [0, 0.05) is 11.6 Å². The van der Waals surface area contributed by atoms with E-state index < -0.39 is 0 Å². The van der Waals surface area contributed by atoms with Crippen LogP contribution in [0.1, 0.15) is 41.9 Å². The van der Waals surface area contributed by atoms with E-state index in [1.807, 2.05) is 12.1 Å². The predicted octanol–water partition coefficient (Wildman–Crippen LogP) is 4.68. The standard InChI is InChI=1S/C24H31ClN2O/c25-23-5-2-19(3-6-23)21-10-15-27(16-11-21)14-1-17-28-24-7-4-20-8-12-26-13-9-22(20)18-24/h2-7,18,21,26H,1,8-17H2. The maximum Gasteiger partial charge on any atom is 0.119 e. The number of hydrogen-bond donors (Lipinski definition) is 1. The van der Waals surface area contributed by atoms with Crippen molar-refractivity contribution in [1.82, 2.24) is 10.2 Å². The minimum Gasteiger partial charge on any atom is -0.494 e. The molecule has 2 heterocycles. The molecule has 0 aromatic heterocycles. The van der Waals surface area contributed by atoms with Gasteiger partial charge in [0.05, 0.1) is 6.61 Å². The average molecular weight is 399 g/mol. The monoisotopic (exact) mass is 398 g/mol. The summed E-state index contributed by atoms with van der Waals surface area (Å²) in [5.74, 6) is 1.71. The molecular weight excluding hydrogens is 368 g/mol. The first-order valence-electron chi connectivity index (χ1n) is 10.7. The molecule has 0 unspecified atom stereocenters. The topological polar surface area (TPSA) is 24.5 Å². The van der Waals surface area contributed by atoms with Crippen LogP contribution in [-0.2, 0) is 12.8 Å². The van der Waals surface area contributed by atoms with Gasteiger partial charge in [-0.15, -0.1) is 0 Å². The van der Waals surface area contributed by atoms with Crippen LogP contribution in [0.4, 0.5) is 0 Å². The van der Waals surface area contributed by atoms with Crippen LogP contribution in [0.5, 0.6) is 5.75 Å². The van der Waals surface area contributed by atoms with E-state index in [1.54, 1.807) is 0 Å². The van der Waals surface area contributed by atoms with Crippen molar-refractivity contribution in [3.8, 4) is 5.75 Å². The maximum atomic E-state index is 6.05. The molecule has 1 fully saturated rings. The van der Waals surface area contributed by atoms with Crippen LogP contribution in [0.25, 0.3) is 0 Å². The van der Waals surface area contributed by atoms with Gasteiger partial charge in [0.25, 0.3) is 0 Å². The van der Waals surface area contributed by atoms with Gasteiger partial charge >= 0.3 is 0 Å². The van der Waals surface area contributed by atoms with Crippen molar-refractivity contribution in [2.45, 2.75) is 38.0 Å². The number of likely N-dealkylation sites (tertiary alicyclic amines) is 1. The first kappa shape index (κ1) is 19.8. The zero-order valence-electron chi connectivity index (χ0n) is 16.6. The highest BCUT2D eigenvalue weighted by molar-refractivity contribution is 6.30. The Labute approximate surface area is 174 Å². The summed E-state index contributed by atoms with van der Waals surface area (Å²) < 4.78 is 6.05. The van der Waals surface area contributed by atoms with Gasteiger partial charge < -0.3 is 15.0 Å². The van der Waals surface area contributed by atoms with Crippen molar-refractivity contribution in [1.29, 1.82) is 0 Å². The van der Waals surface area contributed by atoms with Crippen LogP contribution in [0.3, 0.4) is 0 Å². The summed E-state index contributed by atoms with van der Waals surface area (Å²) >= 11 is 6.01. The molecule has 0 amide bonds. The van der Waals surface area contributed by atoms with E-state index >= 15 is 0 Å². The summed E-state index contributed by atoms with van der Waals surface area (Å²) in [6, 6.07) is 15.0. The molecule has 150 valence electrons. The Morgan fingerprint density at radius 1 is 0.964 bits per heavy atom. The van der Waals surface area contributed by atoms with Crippen LogP contribution in [0.15, 0.2) is 42.5 Å². The lowest BCUT2D eigenvalue weighted by Gasteiger charge is -2.32. The smallest absolute Gasteiger partial charge is 0.119 e. The predicted molar refractivity (Wildman–Crippen MR) is 117 cm³/mol. The molecule has 2 aromatic rings. The van der Waals surface area contributed by atoms with Gasteiger partial charge in [0.15, 0.2) is 0 Å². The Balaban J connectivity index is 1.17. The van der Waals surface area contributed by atoms with E-state index in [0.29, 0.717) is 5.92 Å². The molecule has 1 saturated heterocycles. The largest absolute Gasteiger partial charge is 0.494 e. The van der Waals surface area contributed by atoms with Gasteiger partial charge in [-0.2, -0.15) is 0 Å². The van der Waals surface area contributed by atoms with Crippen molar-refractivity contribution in [3.63, 3.8) is 0 Å². The molecule has 4 heteroatoms. The normalized spacial score (nSPS) is 18.5. The Kier molecular flexibility index (Phi) is 6.90. The zero-order chi connectivity index (χ0) is 19.2. The van der Waals surface area contributed by atoms with Crippen molar-refractivity contribution in [3.05, 3.63) is 64.2 Å². The average Bonchev–Trinajstić information content (AvgIpc) is 2.97. The first-order valence-corrected chi connectivity index (χ1v) is 11.1. The maximum absolute atomic E-state index is 6.05. The molecule has 0 saturated carbocycles. The third-order valence-electron chi connectivity index (χ3n) is 6.14. The lowest BCUT2D eigenvalue weighted by Crippen LogP contribution is -2.34. The second-order valence-electron chi connectivity index (χ2n) is 8.05. The summed E-state index contributed by atoms with van der Waals surface area (Å²) in [5, 5.41) is 4.29. The van der Waals surface area contributed by atoms with Gasteiger partial charge in [-0.05, 0) is 105 Å². The molecular formula is C24H31ClN2O. The van der Waals surface area contributed by atoms with Crippen LogP contribution in [-0.4, -0.2) is 44.2 Å². The van der Waals surface area contributed by atoms with Crippen LogP contribution < -0.4 is 10.1 Å². The first-order chi connectivity index (χ1) is 13.8. The number of ether oxygens (including phenoxy) is 1.